The third-order valence-corrected chi connectivity index (χ3v) is 2.98. The van der Waals surface area contributed by atoms with Crippen molar-refractivity contribution in [2.75, 3.05) is 16.8 Å². The van der Waals surface area contributed by atoms with Crippen LogP contribution in [0.1, 0.15) is 19.1 Å². The number of carbonyl (C=O) groups excluding carboxylic acids is 2. The van der Waals surface area contributed by atoms with Crippen LogP contribution in [0.25, 0.3) is 0 Å². The molecule has 1 N–H and O–H groups in total. The van der Waals surface area contributed by atoms with Gasteiger partial charge in [-0.2, -0.15) is 0 Å². The van der Waals surface area contributed by atoms with E-state index in [1.54, 1.807) is 19.1 Å². The SMILES string of the molecule is CC(=O)N(CCC(=O)Nc1cc(C)on1)c1ccccc1F. The molecule has 0 bridgehead atoms. The zero-order valence-corrected chi connectivity index (χ0v) is 12.3. The highest BCUT2D eigenvalue weighted by Crippen LogP contribution is 2.19. The molecule has 2 amide bonds. The molecule has 116 valence electrons. The molecule has 0 fully saturated rings. The predicted molar refractivity (Wildman–Crippen MR) is 78.9 cm³/mol. The molecule has 0 radical (unpaired) electrons. The minimum Gasteiger partial charge on any atom is -0.360 e. The third kappa shape index (κ3) is 3.91. The molecule has 0 saturated heterocycles. The van der Waals surface area contributed by atoms with Gasteiger partial charge in [-0.1, -0.05) is 17.3 Å². The van der Waals surface area contributed by atoms with Gasteiger partial charge >= 0.3 is 0 Å². The first-order valence-electron chi connectivity index (χ1n) is 6.73. The molecule has 1 heterocycles. The van der Waals surface area contributed by atoms with Gasteiger partial charge in [0, 0.05) is 26.0 Å². The van der Waals surface area contributed by atoms with E-state index in [0.29, 0.717) is 11.6 Å². The maximum atomic E-state index is 13.8. The Bertz CT molecular complexity index is 684. The van der Waals surface area contributed by atoms with E-state index >= 15 is 0 Å². The third-order valence-electron chi connectivity index (χ3n) is 2.98. The van der Waals surface area contributed by atoms with Crippen molar-refractivity contribution in [2.45, 2.75) is 20.3 Å². The molecule has 1 aromatic heterocycles. The van der Waals surface area contributed by atoms with Crippen LogP contribution in [0.2, 0.25) is 0 Å². The molecule has 1 aromatic carbocycles. The molecule has 0 aliphatic carbocycles. The first-order chi connectivity index (χ1) is 10.5. The monoisotopic (exact) mass is 305 g/mol. The Morgan fingerprint density at radius 1 is 1.36 bits per heavy atom. The topological polar surface area (TPSA) is 75.4 Å². The molecule has 0 unspecified atom stereocenters. The fraction of sp³-hybridized carbons (Fsp3) is 0.267. The quantitative estimate of drug-likeness (QED) is 0.921. The van der Waals surface area contributed by atoms with E-state index in [2.05, 4.69) is 10.5 Å². The van der Waals surface area contributed by atoms with Crippen molar-refractivity contribution < 1.29 is 18.5 Å². The molecule has 6 nitrogen and oxygen atoms in total. The largest absolute Gasteiger partial charge is 0.360 e. The summed E-state index contributed by atoms with van der Waals surface area (Å²) in [5.41, 5.74) is 0.153. The number of benzene rings is 1. The Labute approximate surface area is 126 Å². The van der Waals surface area contributed by atoms with Gasteiger partial charge in [0.1, 0.15) is 11.6 Å². The lowest BCUT2D eigenvalue weighted by Crippen LogP contribution is -2.32. The van der Waals surface area contributed by atoms with Crippen molar-refractivity contribution in [1.82, 2.24) is 5.16 Å². The number of hydrogen-bond acceptors (Lipinski definition) is 4. The molecule has 7 heteroatoms. The van der Waals surface area contributed by atoms with Crippen LogP contribution >= 0.6 is 0 Å². The van der Waals surface area contributed by atoms with Gasteiger partial charge in [0.05, 0.1) is 5.69 Å². The van der Waals surface area contributed by atoms with Crippen LogP contribution in [0, 0.1) is 12.7 Å². The fourth-order valence-corrected chi connectivity index (χ4v) is 1.96. The minimum atomic E-state index is -0.509. The van der Waals surface area contributed by atoms with Crippen LogP contribution in [0.4, 0.5) is 15.9 Å². The first-order valence-corrected chi connectivity index (χ1v) is 6.73. The summed E-state index contributed by atoms with van der Waals surface area (Å²) < 4.78 is 18.6. The number of para-hydroxylation sites is 1. The number of aromatic nitrogens is 1. The van der Waals surface area contributed by atoms with Crippen molar-refractivity contribution in [3.05, 3.63) is 41.9 Å². The second kappa shape index (κ2) is 6.84. The fourth-order valence-electron chi connectivity index (χ4n) is 1.96. The molecule has 0 aliphatic heterocycles. The van der Waals surface area contributed by atoms with E-state index in [1.807, 2.05) is 0 Å². The van der Waals surface area contributed by atoms with E-state index in [1.165, 1.54) is 30.0 Å². The number of anilines is 2. The highest BCUT2D eigenvalue weighted by atomic mass is 19.1. The molecule has 0 atom stereocenters. The van der Waals surface area contributed by atoms with E-state index < -0.39 is 5.82 Å². The maximum absolute atomic E-state index is 13.8. The molecule has 0 spiro atoms. The van der Waals surface area contributed by atoms with Crippen molar-refractivity contribution in [2.24, 2.45) is 0 Å². The number of amides is 2. The lowest BCUT2D eigenvalue weighted by atomic mass is 10.2. The number of nitrogens with one attached hydrogen (secondary N) is 1. The van der Waals surface area contributed by atoms with Crippen LogP contribution < -0.4 is 10.2 Å². The van der Waals surface area contributed by atoms with Gasteiger partial charge in [-0.25, -0.2) is 4.39 Å². The Balaban J connectivity index is 1.99. The minimum absolute atomic E-state index is 0.0137. The standard InChI is InChI=1S/C15H16FN3O3/c1-10-9-14(18-22-10)17-15(21)7-8-19(11(2)20)13-6-4-3-5-12(13)16/h3-6,9H,7-8H2,1-2H3,(H,17,18,21). The summed E-state index contributed by atoms with van der Waals surface area (Å²) in [4.78, 5) is 24.7. The summed E-state index contributed by atoms with van der Waals surface area (Å²) in [6.45, 7) is 3.10. The highest BCUT2D eigenvalue weighted by molar-refractivity contribution is 5.94. The van der Waals surface area contributed by atoms with E-state index in [-0.39, 0.29) is 30.5 Å². The average molecular weight is 305 g/mol. The molecular formula is C15H16FN3O3. The Kier molecular flexibility index (Phi) is 4.88. The molecular weight excluding hydrogens is 289 g/mol. The highest BCUT2D eigenvalue weighted by Gasteiger charge is 2.17. The molecule has 22 heavy (non-hydrogen) atoms. The number of nitrogens with zero attached hydrogens (tertiary/aromatic N) is 2. The zero-order chi connectivity index (χ0) is 16.1. The number of aryl methyl sites for hydroxylation is 1. The summed E-state index contributed by atoms with van der Waals surface area (Å²) in [5, 5.41) is 6.19. The zero-order valence-electron chi connectivity index (χ0n) is 12.3. The van der Waals surface area contributed by atoms with Crippen molar-refractivity contribution in [1.29, 1.82) is 0 Å². The molecule has 0 aliphatic rings. The normalized spacial score (nSPS) is 10.3. The lowest BCUT2D eigenvalue weighted by Gasteiger charge is -2.21. The predicted octanol–water partition coefficient (Wildman–Crippen LogP) is 2.50. The van der Waals surface area contributed by atoms with E-state index in [0.717, 1.165) is 0 Å². The Hall–Kier alpha value is -2.70. The van der Waals surface area contributed by atoms with Gasteiger partial charge in [0.25, 0.3) is 0 Å². The second-order valence-corrected chi connectivity index (χ2v) is 4.74. The Morgan fingerprint density at radius 2 is 2.09 bits per heavy atom. The summed E-state index contributed by atoms with van der Waals surface area (Å²) in [5.74, 6) is -0.300. The Morgan fingerprint density at radius 3 is 2.68 bits per heavy atom. The van der Waals surface area contributed by atoms with Gasteiger partial charge in [-0.3, -0.25) is 9.59 Å². The van der Waals surface area contributed by atoms with Gasteiger partial charge in [-0.05, 0) is 19.1 Å². The lowest BCUT2D eigenvalue weighted by molar-refractivity contribution is -0.117. The molecule has 2 aromatic rings. The van der Waals surface area contributed by atoms with E-state index in [4.69, 9.17) is 4.52 Å². The maximum Gasteiger partial charge on any atom is 0.227 e. The smallest absolute Gasteiger partial charge is 0.227 e. The second-order valence-electron chi connectivity index (χ2n) is 4.74. The number of hydrogen-bond donors (Lipinski definition) is 1. The molecule has 0 saturated carbocycles. The first kappa shape index (κ1) is 15.7. The summed E-state index contributed by atoms with van der Waals surface area (Å²) in [6.07, 6.45) is 0.0137. The van der Waals surface area contributed by atoms with Crippen molar-refractivity contribution >= 4 is 23.3 Å². The van der Waals surface area contributed by atoms with Crippen LogP contribution in [-0.2, 0) is 9.59 Å². The van der Waals surface area contributed by atoms with Crippen molar-refractivity contribution in [3.63, 3.8) is 0 Å². The molecule has 2 rings (SSSR count). The number of carbonyl (C=O) groups is 2. The average Bonchev–Trinajstić information content (AvgIpc) is 2.85. The van der Waals surface area contributed by atoms with Gasteiger partial charge in [-0.15, -0.1) is 0 Å². The van der Waals surface area contributed by atoms with Gasteiger partial charge in [0.2, 0.25) is 11.8 Å². The van der Waals surface area contributed by atoms with Gasteiger partial charge < -0.3 is 14.7 Å². The van der Waals surface area contributed by atoms with Gasteiger partial charge in [0.15, 0.2) is 5.82 Å². The van der Waals surface area contributed by atoms with Crippen molar-refractivity contribution in [3.8, 4) is 0 Å². The summed E-state index contributed by atoms with van der Waals surface area (Å²) in [7, 11) is 0. The van der Waals surface area contributed by atoms with Crippen LogP contribution in [0.5, 0.6) is 0 Å². The number of rotatable bonds is 5. The van der Waals surface area contributed by atoms with E-state index in [9.17, 15) is 14.0 Å². The summed E-state index contributed by atoms with van der Waals surface area (Å²) >= 11 is 0. The van der Waals surface area contributed by atoms with Crippen LogP contribution in [0.3, 0.4) is 0 Å². The summed E-state index contributed by atoms with van der Waals surface area (Å²) in [6, 6.07) is 7.51. The van der Waals surface area contributed by atoms with Crippen LogP contribution in [-0.4, -0.2) is 23.5 Å². The number of halogens is 1. The van der Waals surface area contributed by atoms with Crippen LogP contribution in [0.15, 0.2) is 34.9 Å².